The van der Waals surface area contributed by atoms with E-state index in [-0.39, 0.29) is 7.92 Å². The highest BCUT2D eigenvalue weighted by Crippen LogP contribution is 2.58. The van der Waals surface area contributed by atoms with E-state index in [4.69, 9.17) is 0 Å². The van der Waals surface area contributed by atoms with Crippen molar-refractivity contribution >= 4 is 18.5 Å². The van der Waals surface area contributed by atoms with Crippen LogP contribution >= 0.6 is 7.92 Å². The molecular formula is C27H35P. The molecule has 2 aromatic rings. The van der Waals surface area contributed by atoms with E-state index in [9.17, 15) is 0 Å². The lowest BCUT2D eigenvalue weighted by molar-refractivity contribution is 0.0255. The molecule has 0 spiro atoms. The van der Waals surface area contributed by atoms with Crippen LogP contribution in [0.2, 0.25) is 0 Å². The average Bonchev–Trinajstić information content (AvgIpc) is 2.75. The number of hydrogen-bond acceptors (Lipinski definition) is 0. The van der Waals surface area contributed by atoms with Crippen molar-refractivity contribution < 1.29 is 0 Å². The van der Waals surface area contributed by atoms with Gasteiger partial charge in [0.1, 0.15) is 0 Å². The minimum absolute atomic E-state index is 0.251. The minimum atomic E-state index is -0.251. The maximum Gasteiger partial charge on any atom is -0.00977 e. The molecule has 0 aliphatic heterocycles. The van der Waals surface area contributed by atoms with Crippen LogP contribution in [0.3, 0.4) is 0 Å². The van der Waals surface area contributed by atoms with Gasteiger partial charge in [-0.3, -0.25) is 0 Å². The molecule has 0 bridgehead atoms. The van der Waals surface area contributed by atoms with E-state index in [0.717, 1.165) is 35.2 Å². The van der Waals surface area contributed by atoms with Gasteiger partial charge in [0, 0.05) is 0 Å². The van der Waals surface area contributed by atoms with E-state index in [1.54, 1.807) is 17.0 Å². The largest absolute Gasteiger partial charge is 0.0622 e. The summed E-state index contributed by atoms with van der Waals surface area (Å²) in [6.07, 6.45) is 12.0. The molecule has 6 atom stereocenters. The smallest absolute Gasteiger partial charge is 0.00977 e. The van der Waals surface area contributed by atoms with Crippen molar-refractivity contribution in [2.24, 2.45) is 29.6 Å². The van der Waals surface area contributed by atoms with Crippen molar-refractivity contribution in [3.8, 4) is 0 Å². The molecule has 0 nitrogen and oxygen atoms in total. The summed E-state index contributed by atoms with van der Waals surface area (Å²) < 4.78 is 0. The Labute approximate surface area is 172 Å². The Morgan fingerprint density at radius 3 is 1.86 bits per heavy atom. The van der Waals surface area contributed by atoms with Crippen LogP contribution in [0.5, 0.6) is 0 Å². The Bertz CT molecular complexity index is 715. The third kappa shape index (κ3) is 3.59. The molecule has 5 rings (SSSR count). The normalized spacial score (nSPS) is 35.2. The summed E-state index contributed by atoms with van der Waals surface area (Å²) in [5, 5.41) is 3.21. The molecule has 0 heterocycles. The predicted molar refractivity (Wildman–Crippen MR) is 123 cm³/mol. The van der Waals surface area contributed by atoms with E-state index in [1.807, 2.05) is 0 Å². The van der Waals surface area contributed by atoms with Crippen molar-refractivity contribution in [1.29, 1.82) is 0 Å². The van der Waals surface area contributed by atoms with Gasteiger partial charge in [0.2, 0.25) is 0 Å². The van der Waals surface area contributed by atoms with Crippen LogP contribution in [-0.4, -0.2) is 5.66 Å². The first-order valence-electron chi connectivity index (χ1n) is 11.7. The van der Waals surface area contributed by atoms with E-state index >= 15 is 0 Å². The first kappa shape index (κ1) is 18.9. The third-order valence-corrected chi connectivity index (χ3v) is 11.3. The second kappa shape index (κ2) is 8.31. The molecule has 3 aliphatic rings. The molecule has 148 valence electrons. The Morgan fingerprint density at radius 1 is 0.643 bits per heavy atom. The van der Waals surface area contributed by atoms with Gasteiger partial charge in [-0.25, -0.2) is 0 Å². The maximum atomic E-state index is 2.56. The highest BCUT2D eigenvalue weighted by molar-refractivity contribution is 7.73. The second-order valence-electron chi connectivity index (χ2n) is 9.77. The van der Waals surface area contributed by atoms with E-state index in [1.165, 1.54) is 44.9 Å². The molecule has 3 fully saturated rings. The minimum Gasteiger partial charge on any atom is -0.0622 e. The molecule has 0 N–H and O–H groups in total. The lowest BCUT2D eigenvalue weighted by Gasteiger charge is -2.52. The molecule has 0 amide bonds. The number of hydrogen-bond donors (Lipinski definition) is 0. The summed E-state index contributed by atoms with van der Waals surface area (Å²) >= 11 is 0. The molecule has 6 unspecified atom stereocenters. The van der Waals surface area contributed by atoms with Crippen LogP contribution in [0.25, 0.3) is 0 Å². The van der Waals surface area contributed by atoms with Crippen LogP contribution in [0, 0.1) is 29.6 Å². The van der Waals surface area contributed by atoms with Gasteiger partial charge in [-0.15, -0.1) is 0 Å². The van der Waals surface area contributed by atoms with Crippen molar-refractivity contribution in [1.82, 2.24) is 0 Å². The van der Waals surface area contributed by atoms with Gasteiger partial charge >= 0.3 is 0 Å². The molecule has 0 aromatic heterocycles. The van der Waals surface area contributed by atoms with Gasteiger partial charge in [-0.05, 0) is 73.0 Å². The summed E-state index contributed by atoms with van der Waals surface area (Å²) in [6, 6.07) is 23.0. The van der Waals surface area contributed by atoms with E-state index in [0.29, 0.717) is 0 Å². The SMILES string of the molecule is CC1CCCC2CC3CCCC(P(c4ccccc4)c4ccccc4)C3CC12. The zero-order valence-corrected chi connectivity index (χ0v) is 18.2. The summed E-state index contributed by atoms with van der Waals surface area (Å²) in [5.41, 5.74) is 0.883. The monoisotopic (exact) mass is 390 g/mol. The van der Waals surface area contributed by atoms with Crippen molar-refractivity contribution in [2.45, 2.75) is 63.9 Å². The maximum absolute atomic E-state index is 2.56. The second-order valence-corrected chi connectivity index (χ2v) is 12.2. The zero-order chi connectivity index (χ0) is 18.9. The third-order valence-electron chi connectivity index (χ3n) is 8.30. The molecular weight excluding hydrogens is 355 g/mol. The predicted octanol–water partition coefficient (Wildman–Crippen LogP) is 6.75. The quantitative estimate of drug-likeness (QED) is 0.509. The lowest BCUT2D eigenvalue weighted by Crippen LogP contribution is -2.44. The Kier molecular flexibility index (Phi) is 5.60. The summed E-state index contributed by atoms with van der Waals surface area (Å²) in [4.78, 5) is 0. The number of benzene rings is 2. The molecule has 0 radical (unpaired) electrons. The molecule has 2 aromatic carbocycles. The van der Waals surface area contributed by atoms with Crippen molar-refractivity contribution in [3.63, 3.8) is 0 Å². The van der Waals surface area contributed by atoms with E-state index in [2.05, 4.69) is 67.6 Å². The fraction of sp³-hybridized carbons (Fsp3) is 0.556. The van der Waals surface area contributed by atoms with Crippen LogP contribution in [0.15, 0.2) is 60.7 Å². The Hall–Kier alpha value is -1.13. The summed E-state index contributed by atoms with van der Waals surface area (Å²) in [7, 11) is -0.251. The molecule has 1 heteroatoms. The highest BCUT2D eigenvalue weighted by atomic mass is 31.1. The van der Waals surface area contributed by atoms with Gasteiger partial charge in [0.25, 0.3) is 0 Å². The first-order valence-corrected chi connectivity index (χ1v) is 13.1. The van der Waals surface area contributed by atoms with Crippen LogP contribution < -0.4 is 10.6 Å². The number of rotatable bonds is 3. The highest BCUT2D eigenvalue weighted by Gasteiger charge is 2.46. The van der Waals surface area contributed by atoms with Gasteiger partial charge < -0.3 is 0 Å². The lowest BCUT2D eigenvalue weighted by atomic mass is 9.57. The van der Waals surface area contributed by atoms with E-state index < -0.39 is 0 Å². The van der Waals surface area contributed by atoms with Crippen LogP contribution in [0.4, 0.5) is 0 Å². The molecule has 3 aliphatic carbocycles. The fourth-order valence-corrected chi connectivity index (χ4v) is 10.3. The van der Waals surface area contributed by atoms with Crippen LogP contribution in [-0.2, 0) is 0 Å². The Morgan fingerprint density at radius 2 is 1.21 bits per heavy atom. The van der Waals surface area contributed by atoms with Gasteiger partial charge in [0.05, 0.1) is 0 Å². The van der Waals surface area contributed by atoms with Gasteiger partial charge in [-0.1, -0.05) is 99.7 Å². The summed E-state index contributed by atoms with van der Waals surface area (Å²) in [6.45, 7) is 2.56. The average molecular weight is 391 g/mol. The van der Waals surface area contributed by atoms with Gasteiger partial charge in [0.15, 0.2) is 0 Å². The summed E-state index contributed by atoms with van der Waals surface area (Å²) in [5.74, 6) is 4.98. The van der Waals surface area contributed by atoms with Crippen molar-refractivity contribution in [2.75, 3.05) is 0 Å². The topological polar surface area (TPSA) is 0 Å². The standard InChI is InChI=1S/C27H35P/c1-20-10-8-11-21-18-22-12-9-17-27(26(22)19-25(20)21)28(23-13-4-2-5-14-23)24-15-6-3-7-16-24/h2-7,13-16,20-22,25-27H,8-12,17-19H2,1H3. The first-order chi connectivity index (χ1) is 13.8. The Balaban J connectivity index is 1.50. The molecule has 28 heavy (non-hydrogen) atoms. The van der Waals surface area contributed by atoms with Gasteiger partial charge in [-0.2, -0.15) is 0 Å². The fourth-order valence-electron chi connectivity index (χ4n) is 7.02. The van der Waals surface area contributed by atoms with Crippen molar-refractivity contribution in [3.05, 3.63) is 60.7 Å². The zero-order valence-electron chi connectivity index (χ0n) is 17.3. The number of fused-ring (bicyclic) bond motifs is 2. The van der Waals surface area contributed by atoms with Crippen LogP contribution in [0.1, 0.15) is 58.3 Å². The molecule has 0 saturated heterocycles. The molecule has 3 saturated carbocycles.